The molecular formula is C19H32N2. The molecule has 3 unspecified atom stereocenters. The molecule has 2 rings (SSSR count). The van der Waals surface area contributed by atoms with Gasteiger partial charge in [0, 0.05) is 12.1 Å². The quantitative estimate of drug-likeness (QED) is 0.873. The van der Waals surface area contributed by atoms with E-state index >= 15 is 0 Å². The Morgan fingerprint density at radius 1 is 1.14 bits per heavy atom. The molecule has 0 saturated heterocycles. The van der Waals surface area contributed by atoms with E-state index in [-0.39, 0.29) is 5.41 Å². The topological polar surface area (TPSA) is 38.0 Å². The van der Waals surface area contributed by atoms with E-state index in [9.17, 15) is 0 Å². The van der Waals surface area contributed by atoms with E-state index in [1.54, 1.807) is 0 Å². The zero-order valence-electron chi connectivity index (χ0n) is 14.2. The van der Waals surface area contributed by atoms with E-state index in [0.29, 0.717) is 18.0 Å². The first-order chi connectivity index (χ1) is 9.91. The van der Waals surface area contributed by atoms with Crippen molar-refractivity contribution in [2.75, 3.05) is 6.54 Å². The number of nitrogens with two attached hydrogens (primary N) is 1. The Bertz CT molecular complexity index is 430. The van der Waals surface area contributed by atoms with Crippen LogP contribution in [0.3, 0.4) is 0 Å². The van der Waals surface area contributed by atoms with Gasteiger partial charge in [0.25, 0.3) is 0 Å². The zero-order valence-corrected chi connectivity index (χ0v) is 14.2. The lowest BCUT2D eigenvalue weighted by atomic mass is 9.83. The second-order valence-electron chi connectivity index (χ2n) is 7.65. The fourth-order valence-electron chi connectivity index (χ4n) is 3.40. The average molecular weight is 288 g/mol. The Morgan fingerprint density at radius 3 is 2.33 bits per heavy atom. The highest BCUT2D eigenvalue weighted by molar-refractivity contribution is 5.29. The van der Waals surface area contributed by atoms with Crippen LogP contribution < -0.4 is 11.1 Å². The van der Waals surface area contributed by atoms with Gasteiger partial charge in [-0.1, -0.05) is 57.9 Å². The van der Waals surface area contributed by atoms with Crippen molar-refractivity contribution < 1.29 is 0 Å². The van der Waals surface area contributed by atoms with Crippen molar-refractivity contribution in [2.24, 2.45) is 11.7 Å². The summed E-state index contributed by atoms with van der Waals surface area (Å²) < 4.78 is 0. The first-order valence-corrected chi connectivity index (χ1v) is 8.48. The second-order valence-corrected chi connectivity index (χ2v) is 7.65. The fraction of sp³-hybridized carbons (Fsp3) is 0.684. The Hall–Kier alpha value is -0.860. The summed E-state index contributed by atoms with van der Waals surface area (Å²) in [6.45, 7) is 9.87. The Labute approximate surface area is 130 Å². The van der Waals surface area contributed by atoms with Gasteiger partial charge in [0.1, 0.15) is 0 Å². The smallest absolute Gasteiger partial charge is 0.0294 e. The molecule has 1 aromatic carbocycles. The maximum Gasteiger partial charge on any atom is 0.0294 e. The van der Waals surface area contributed by atoms with Crippen LogP contribution >= 0.6 is 0 Å². The van der Waals surface area contributed by atoms with Gasteiger partial charge in [-0.2, -0.15) is 0 Å². The van der Waals surface area contributed by atoms with Crippen molar-refractivity contribution in [1.82, 2.24) is 5.32 Å². The minimum absolute atomic E-state index is 0.225. The highest BCUT2D eigenvalue weighted by atomic mass is 15.0. The Kier molecular flexibility index (Phi) is 5.45. The summed E-state index contributed by atoms with van der Waals surface area (Å²) in [7, 11) is 0. The monoisotopic (exact) mass is 288 g/mol. The molecule has 1 aromatic rings. The normalized spacial score (nSPS) is 24.8. The molecule has 1 fully saturated rings. The van der Waals surface area contributed by atoms with Crippen LogP contribution in [0.5, 0.6) is 0 Å². The van der Waals surface area contributed by atoms with Gasteiger partial charge >= 0.3 is 0 Å². The van der Waals surface area contributed by atoms with Crippen molar-refractivity contribution >= 4 is 0 Å². The first kappa shape index (κ1) is 16.5. The molecule has 0 spiro atoms. The molecule has 0 bridgehead atoms. The maximum atomic E-state index is 5.94. The van der Waals surface area contributed by atoms with Crippen LogP contribution in [0.25, 0.3) is 0 Å². The molecule has 1 aliphatic rings. The van der Waals surface area contributed by atoms with Gasteiger partial charge in [-0.05, 0) is 48.8 Å². The predicted octanol–water partition coefficient (Wildman–Crippen LogP) is 4.15. The summed E-state index contributed by atoms with van der Waals surface area (Å²) in [5, 5.41) is 3.81. The summed E-state index contributed by atoms with van der Waals surface area (Å²) in [6.07, 6.45) is 5.23. The molecule has 0 amide bonds. The molecule has 1 saturated carbocycles. The van der Waals surface area contributed by atoms with Crippen molar-refractivity contribution in [3.8, 4) is 0 Å². The van der Waals surface area contributed by atoms with E-state index in [0.717, 1.165) is 6.54 Å². The van der Waals surface area contributed by atoms with E-state index in [1.807, 2.05) is 0 Å². The van der Waals surface area contributed by atoms with Crippen molar-refractivity contribution in [3.63, 3.8) is 0 Å². The lowest BCUT2D eigenvalue weighted by molar-refractivity contribution is 0.252. The first-order valence-electron chi connectivity index (χ1n) is 8.48. The van der Waals surface area contributed by atoms with Crippen LogP contribution in [0.15, 0.2) is 24.3 Å². The van der Waals surface area contributed by atoms with Gasteiger partial charge in [0.2, 0.25) is 0 Å². The standard InChI is InChI=1S/C19H32N2/c1-14(21-18-8-6-5-7-16(18)13-20)15-9-11-17(12-10-15)19(2,3)4/h9-12,14,16,18,21H,5-8,13,20H2,1-4H3. The highest BCUT2D eigenvalue weighted by Gasteiger charge is 2.25. The minimum Gasteiger partial charge on any atom is -0.330 e. The molecule has 21 heavy (non-hydrogen) atoms. The van der Waals surface area contributed by atoms with Crippen LogP contribution in [-0.4, -0.2) is 12.6 Å². The maximum absolute atomic E-state index is 5.94. The summed E-state index contributed by atoms with van der Waals surface area (Å²) >= 11 is 0. The molecule has 0 heterocycles. The van der Waals surface area contributed by atoms with E-state index in [2.05, 4.69) is 57.3 Å². The van der Waals surface area contributed by atoms with Gasteiger partial charge in [-0.25, -0.2) is 0 Å². The molecule has 0 radical (unpaired) electrons. The third kappa shape index (κ3) is 4.31. The summed E-state index contributed by atoms with van der Waals surface area (Å²) in [6, 6.07) is 10.1. The summed E-state index contributed by atoms with van der Waals surface area (Å²) in [4.78, 5) is 0. The van der Waals surface area contributed by atoms with Crippen LogP contribution in [-0.2, 0) is 5.41 Å². The molecule has 1 aliphatic carbocycles. The third-order valence-corrected chi connectivity index (χ3v) is 4.95. The molecule has 2 nitrogen and oxygen atoms in total. The molecule has 0 aliphatic heterocycles. The molecule has 3 atom stereocenters. The lowest BCUT2D eigenvalue weighted by Gasteiger charge is -2.34. The number of nitrogens with one attached hydrogen (secondary N) is 1. The van der Waals surface area contributed by atoms with Gasteiger partial charge in [0.05, 0.1) is 0 Å². The van der Waals surface area contributed by atoms with Crippen LogP contribution in [0.1, 0.15) is 70.5 Å². The molecular weight excluding hydrogens is 256 g/mol. The van der Waals surface area contributed by atoms with Crippen LogP contribution in [0, 0.1) is 5.92 Å². The van der Waals surface area contributed by atoms with E-state index in [1.165, 1.54) is 36.8 Å². The van der Waals surface area contributed by atoms with Crippen molar-refractivity contribution in [2.45, 2.75) is 70.9 Å². The molecule has 118 valence electrons. The average Bonchev–Trinajstić information content (AvgIpc) is 2.47. The number of hydrogen-bond donors (Lipinski definition) is 2. The fourth-order valence-corrected chi connectivity index (χ4v) is 3.40. The SMILES string of the molecule is CC(NC1CCCCC1CN)c1ccc(C(C)(C)C)cc1. The predicted molar refractivity (Wildman–Crippen MR) is 91.5 cm³/mol. The van der Waals surface area contributed by atoms with E-state index in [4.69, 9.17) is 5.73 Å². The van der Waals surface area contributed by atoms with E-state index < -0.39 is 0 Å². The molecule has 2 heteroatoms. The number of rotatable bonds is 4. The van der Waals surface area contributed by atoms with Gasteiger partial charge < -0.3 is 11.1 Å². The Morgan fingerprint density at radius 2 is 1.76 bits per heavy atom. The largest absolute Gasteiger partial charge is 0.330 e. The van der Waals surface area contributed by atoms with Crippen LogP contribution in [0.2, 0.25) is 0 Å². The number of hydrogen-bond acceptors (Lipinski definition) is 2. The minimum atomic E-state index is 0.225. The molecule has 3 N–H and O–H groups in total. The summed E-state index contributed by atoms with van der Waals surface area (Å²) in [5.74, 6) is 0.648. The van der Waals surface area contributed by atoms with Gasteiger partial charge in [0.15, 0.2) is 0 Å². The lowest BCUT2D eigenvalue weighted by Crippen LogP contribution is -2.42. The van der Waals surface area contributed by atoms with Crippen molar-refractivity contribution in [3.05, 3.63) is 35.4 Å². The molecule has 0 aromatic heterocycles. The van der Waals surface area contributed by atoms with Crippen molar-refractivity contribution in [1.29, 1.82) is 0 Å². The van der Waals surface area contributed by atoms with Gasteiger partial charge in [-0.3, -0.25) is 0 Å². The Balaban J connectivity index is 2.01. The third-order valence-electron chi connectivity index (χ3n) is 4.95. The summed E-state index contributed by atoms with van der Waals surface area (Å²) in [5.41, 5.74) is 8.94. The zero-order chi connectivity index (χ0) is 15.5. The van der Waals surface area contributed by atoms with Crippen LogP contribution in [0.4, 0.5) is 0 Å². The number of benzene rings is 1. The van der Waals surface area contributed by atoms with Gasteiger partial charge in [-0.15, -0.1) is 0 Å². The second kappa shape index (κ2) is 6.93. The highest BCUT2D eigenvalue weighted by Crippen LogP contribution is 2.27.